The molecule has 1 aromatic carbocycles. The number of hydrogen-bond donors (Lipinski definition) is 1. The van der Waals surface area contributed by atoms with Crippen molar-refractivity contribution in [2.45, 2.75) is 25.8 Å². The molecule has 2 aromatic rings. The molecule has 0 radical (unpaired) electrons. The first-order valence-electron chi connectivity index (χ1n) is 6.99. The van der Waals surface area contributed by atoms with Crippen molar-refractivity contribution < 1.29 is 4.79 Å². The summed E-state index contributed by atoms with van der Waals surface area (Å²) in [5.41, 5.74) is 1.71. The summed E-state index contributed by atoms with van der Waals surface area (Å²) in [5, 5.41) is 11.6. The molecule has 0 aliphatic rings. The molecule has 1 N–H and O–H groups in total. The summed E-state index contributed by atoms with van der Waals surface area (Å²) in [6.07, 6.45) is 7.48. The van der Waals surface area contributed by atoms with Crippen molar-refractivity contribution in [3.8, 4) is 6.07 Å². The Morgan fingerprint density at radius 1 is 1.33 bits per heavy atom. The van der Waals surface area contributed by atoms with Crippen LogP contribution in [0, 0.1) is 11.3 Å². The van der Waals surface area contributed by atoms with E-state index in [0.29, 0.717) is 24.9 Å². The number of imidazole rings is 1. The Hall–Kier alpha value is -2.61. The largest absolute Gasteiger partial charge is 0.356 e. The molecular weight excluding hydrogens is 264 g/mol. The summed E-state index contributed by atoms with van der Waals surface area (Å²) >= 11 is 0. The monoisotopic (exact) mass is 282 g/mol. The first-order chi connectivity index (χ1) is 10.3. The van der Waals surface area contributed by atoms with Crippen LogP contribution in [0.5, 0.6) is 0 Å². The van der Waals surface area contributed by atoms with Crippen molar-refractivity contribution in [1.29, 1.82) is 5.26 Å². The summed E-state index contributed by atoms with van der Waals surface area (Å²) in [4.78, 5) is 15.7. The molecule has 1 aromatic heterocycles. The smallest absolute Gasteiger partial charge is 0.220 e. The summed E-state index contributed by atoms with van der Waals surface area (Å²) in [6.45, 7) is 1.53. The van der Waals surface area contributed by atoms with Gasteiger partial charge < -0.3 is 9.88 Å². The first-order valence-corrected chi connectivity index (χ1v) is 6.99. The Bertz CT molecular complexity index is 596. The van der Waals surface area contributed by atoms with E-state index in [1.165, 1.54) is 0 Å². The molecular formula is C16H18N4O. The molecule has 0 bridgehead atoms. The summed E-state index contributed by atoms with van der Waals surface area (Å²) in [5.74, 6) is 0.0602. The second kappa shape index (κ2) is 7.85. The van der Waals surface area contributed by atoms with E-state index in [1.54, 1.807) is 24.7 Å². The van der Waals surface area contributed by atoms with Crippen LogP contribution in [0.4, 0.5) is 0 Å². The maximum atomic E-state index is 11.7. The molecule has 5 nitrogen and oxygen atoms in total. The number of carbonyl (C=O) groups excluding carboxylic acids is 1. The third kappa shape index (κ3) is 5.11. The number of aromatic nitrogens is 2. The molecule has 0 fully saturated rings. The van der Waals surface area contributed by atoms with Gasteiger partial charge in [-0.05, 0) is 30.5 Å². The zero-order chi connectivity index (χ0) is 14.9. The van der Waals surface area contributed by atoms with Crippen LogP contribution in [-0.2, 0) is 17.8 Å². The predicted molar refractivity (Wildman–Crippen MR) is 79.3 cm³/mol. The molecule has 0 saturated heterocycles. The molecule has 2 rings (SSSR count). The summed E-state index contributed by atoms with van der Waals surface area (Å²) in [7, 11) is 0. The molecule has 5 heteroatoms. The zero-order valence-corrected chi connectivity index (χ0v) is 11.8. The van der Waals surface area contributed by atoms with Gasteiger partial charge in [-0.2, -0.15) is 5.26 Å². The molecule has 0 aliphatic carbocycles. The van der Waals surface area contributed by atoms with Crippen molar-refractivity contribution in [1.82, 2.24) is 14.9 Å². The van der Waals surface area contributed by atoms with Crippen LogP contribution < -0.4 is 5.32 Å². The fourth-order valence-corrected chi connectivity index (χ4v) is 2.00. The topological polar surface area (TPSA) is 70.7 Å². The van der Waals surface area contributed by atoms with E-state index in [4.69, 9.17) is 5.26 Å². The van der Waals surface area contributed by atoms with Crippen LogP contribution in [0.1, 0.15) is 24.0 Å². The average molecular weight is 282 g/mol. The maximum Gasteiger partial charge on any atom is 0.220 e. The van der Waals surface area contributed by atoms with Crippen molar-refractivity contribution in [2.24, 2.45) is 0 Å². The highest BCUT2D eigenvalue weighted by atomic mass is 16.1. The lowest BCUT2D eigenvalue weighted by atomic mass is 10.1. The zero-order valence-electron chi connectivity index (χ0n) is 11.8. The van der Waals surface area contributed by atoms with Crippen molar-refractivity contribution >= 4 is 5.91 Å². The summed E-state index contributed by atoms with van der Waals surface area (Å²) < 4.78 is 1.99. The lowest BCUT2D eigenvalue weighted by Crippen LogP contribution is -2.25. The third-order valence-corrected chi connectivity index (χ3v) is 3.20. The van der Waals surface area contributed by atoms with Gasteiger partial charge in [0, 0.05) is 31.9 Å². The normalized spacial score (nSPS) is 10.0. The van der Waals surface area contributed by atoms with Crippen LogP contribution in [-0.4, -0.2) is 22.0 Å². The number of nitrogens with zero attached hydrogens (tertiary/aromatic N) is 3. The highest BCUT2D eigenvalue weighted by Gasteiger charge is 2.02. The molecule has 0 spiro atoms. The summed E-state index contributed by atoms with van der Waals surface area (Å²) in [6, 6.07) is 9.42. The quantitative estimate of drug-likeness (QED) is 0.788. The van der Waals surface area contributed by atoms with Gasteiger partial charge in [0.25, 0.3) is 0 Å². The van der Waals surface area contributed by atoms with Gasteiger partial charge >= 0.3 is 0 Å². The lowest BCUT2D eigenvalue weighted by Gasteiger charge is -2.06. The van der Waals surface area contributed by atoms with Crippen molar-refractivity contribution in [3.63, 3.8) is 0 Å². The number of nitrogens with one attached hydrogen (secondary N) is 1. The first kappa shape index (κ1) is 14.8. The van der Waals surface area contributed by atoms with Gasteiger partial charge in [-0.15, -0.1) is 0 Å². The minimum absolute atomic E-state index is 0.0602. The lowest BCUT2D eigenvalue weighted by molar-refractivity contribution is -0.121. The standard InChI is InChI=1S/C16H18N4O/c17-12-15-4-2-14(3-5-15)6-7-16(21)19-8-1-10-20-11-9-18-13-20/h2-5,9,11,13H,1,6-8,10H2,(H,19,21). The number of amides is 1. The number of hydrogen-bond acceptors (Lipinski definition) is 3. The number of benzene rings is 1. The molecule has 21 heavy (non-hydrogen) atoms. The number of rotatable bonds is 7. The van der Waals surface area contributed by atoms with E-state index in [1.807, 2.05) is 22.9 Å². The highest BCUT2D eigenvalue weighted by molar-refractivity contribution is 5.76. The Kier molecular flexibility index (Phi) is 5.53. The number of aryl methyl sites for hydroxylation is 2. The van der Waals surface area contributed by atoms with Gasteiger partial charge in [0.1, 0.15) is 0 Å². The van der Waals surface area contributed by atoms with E-state index in [9.17, 15) is 4.79 Å². The van der Waals surface area contributed by atoms with Crippen LogP contribution >= 0.6 is 0 Å². The van der Waals surface area contributed by atoms with E-state index >= 15 is 0 Å². The minimum Gasteiger partial charge on any atom is -0.356 e. The third-order valence-electron chi connectivity index (χ3n) is 3.20. The second-order valence-corrected chi connectivity index (χ2v) is 4.81. The SMILES string of the molecule is N#Cc1ccc(CCC(=O)NCCCn2ccnc2)cc1. The van der Waals surface area contributed by atoms with Crippen molar-refractivity contribution in [2.75, 3.05) is 6.54 Å². The fourth-order valence-electron chi connectivity index (χ4n) is 2.00. The van der Waals surface area contributed by atoms with Gasteiger partial charge in [0.2, 0.25) is 5.91 Å². The second-order valence-electron chi connectivity index (χ2n) is 4.81. The Balaban J connectivity index is 1.61. The molecule has 0 aliphatic heterocycles. The van der Waals surface area contributed by atoms with Gasteiger partial charge in [0.15, 0.2) is 0 Å². The Labute approximate surface area is 124 Å². The Morgan fingerprint density at radius 3 is 2.81 bits per heavy atom. The van der Waals surface area contributed by atoms with Crippen LogP contribution in [0.2, 0.25) is 0 Å². The van der Waals surface area contributed by atoms with E-state index < -0.39 is 0 Å². The molecule has 0 unspecified atom stereocenters. The van der Waals surface area contributed by atoms with Gasteiger partial charge in [-0.1, -0.05) is 12.1 Å². The average Bonchev–Trinajstić information content (AvgIpc) is 3.03. The molecule has 0 atom stereocenters. The van der Waals surface area contributed by atoms with Gasteiger partial charge in [-0.25, -0.2) is 4.98 Å². The van der Waals surface area contributed by atoms with Crippen molar-refractivity contribution in [3.05, 3.63) is 54.1 Å². The van der Waals surface area contributed by atoms with E-state index in [0.717, 1.165) is 18.5 Å². The molecule has 108 valence electrons. The Morgan fingerprint density at radius 2 is 2.14 bits per heavy atom. The van der Waals surface area contributed by atoms with Gasteiger partial charge in [0.05, 0.1) is 18.0 Å². The minimum atomic E-state index is 0.0602. The molecule has 0 saturated carbocycles. The van der Waals surface area contributed by atoms with Crippen LogP contribution in [0.25, 0.3) is 0 Å². The number of carbonyl (C=O) groups is 1. The number of nitriles is 1. The maximum absolute atomic E-state index is 11.7. The fraction of sp³-hybridized carbons (Fsp3) is 0.312. The van der Waals surface area contributed by atoms with E-state index in [-0.39, 0.29) is 5.91 Å². The van der Waals surface area contributed by atoms with Gasteiger partial charge in [-0.3, -0.25) is 4.79 Å². The van der Waals surface area contributed by atoms with E-state index in [2.05, 4.69) is 16.4 Å². The molecule has 1 amide bonds. The van der Waals surface area contributed by atoms with Crippen LogP contribution in [0.15, 0.2) is 43.0 Å². The molecule has 1 heterocycles. The highest BCUT2D eigenvalue weighted by Crippen LogP contribution is 2.05. The van der Waals surface area contributed by atoms with Crippen LogP contribution in [0.3, 0.4) is 0 Å². The predicted octanol–water partition coefficient (Wildman–Crippen LogP) is 1.89.